The van der Waals surface area contributed by atoms with Crippen molar-refractivity contribution in [2.75, 3.05) is 16.4 Å². The number of carbonyl (C=O) groups is 2. The molecule has 0 radical (unpaired) electrons. The number of hydrogen-bond acceptors (Lipinski definition) is 4. The zero-order valence-electron chi connectivity index (χ0n) is 15.0. The molecule has 2 N–H and O–H groups in total. The van der Waals surface area contributed by atoms with Gasteiger partial charge in [-0.2, -0.15) is 0 Å². The Morgan fingerprint density at radius 3 is 2.81 bits per heavy atom. The second-order valence-electron chi connectivity index (χ2n) is 6.83. The monoisotopic (exact) mass is 382 g/mol. The first-order valence-corrected chi connectivity index (χ1v) is 10.3. The average molecular weight is 382 g/mol. The molecule has 0 saturated heterocycles. The number of anilines is 2. The van der Waals surface area contributed by atoms with Crippen LogP contribution in [-0.2, 0) is 4.79 Å². The number of hydrogen-bond donors (Lipinski definition) is 2. The van der Waals surface area contributed by atoms with Crippen LogP contribution in [0.2, 0.25) is 0 Å². The number of amides is 2. The molecule has 1 fully saturated rings. The van der Waals surface area contributed by atoms with Crippen molar-refractivity contribution >= 4 is 35.0 Å². The molecule has 0 spiro atoms. The molecule has 2 aliphatic rings. The number of nitrogens with one attached hydrogen (secondary N) is 2. The Morgan fingerprint density at radius 2 is 1.96 bits per heavy atom. The Bertz CT molecular complexity index is 862. The second-order valence-corrected chi connectivity index (χ2v) is 7.97. The third-order valence-corrected chi connectivity index (χ3v) is 5.91. The molecule has 1 heterocycles. The molecule has 0 bridgehead atoms. The van der Waals surface area contributed by atoms with Crippen molar-refractivity contribution in [2.24, 2.45) is 0 Å². The van der Waals surface area contributed by atoms with E-state index in [0.29, 0.717) is 29.1 Å². The maximum Gasteiger partial charge on any atom is 0.255 e. The number of carbonyl (C=O) groups excluding carboxylic acids is 2. The van der Waals surface area contributed by atoms with Gasteiger partial charge in [-0.05, 0) is 56.0 Å². The zero-order valence-corrected chi connectivity index (χ0v) is 15.8. The lowest BCUT2D eigenvalue weighted by Crippen LogP contribution is -2.16. The van der Waals surface area contributed by atoms with Crippen LogP contribution >= 0.6 is 11.8 Å². The summed E-state index contributed by atoms with van der Waals surface area (Å²) in [6, 6.07) is 13.0. The largest absolute Gasteiger partial charge is 0.488 e. The van der Waals surface area contributed by atoms with Gasteiger partial charge in [0, 0.05) is 22.6 Å². The van der Waals surface area contributed by atoms with E-state index in [0.717, 1.165) is 23.5 Å². The topological polar surface area (TPSA) is 67.4 Å². The maximum atomic E-state index is 12.8. The molecule has 1 aliphatic carbocycles. The molecule has 2 amide bonds. The summed E-state index contributed by atoms with van der Waals surface area (Å²) in [7, 11) is 0. The highest BCUT2D eigenvalue weighted by Gasteiger charge is 2.19. The third-order valence-electron chi connectivity index (χ3n) is 4.83. The number of ether oxygens (including phenoxy) is 1. The fourth-order valence-electron chi connectivity index (χ4n) is 3.41. The van der Waals surface area contributed by atoms with Crippen LogP contribution in [0.25, 0.3) is 0 Å². The first kappa shape index (κ1) is 17.9. The Balaban J connectivity index is 1.52. The summed E-state index contributed by atoms with van der Waals surface area (Å²) in [6.07, 6.45) is 5.21. The van der Waals surface area contributed by atoms with E-state index in [2.05, 4.69) is 10.6 Å². The molecular weight excluding hydrogens is 360 g/mol. The zero-order chi connectivity index (χ0) is 18.6. The van der Waals surface area contributed by atoms with E-state index in [-0.39, 0.29) is 17.9 Å². The van der Waals surface area contributed by atoms with E-state index in [1.807, 2.05) is 30.3 Å². The van der Waals surface area contributed by atoms with Gasteiger partial charge in [0.25, 0.3) is 5.91 Å². The van der Waals surface area contributed by atoms with Crippen molar-refractivity contribution in [3.63, 3.8) is 0 Å². The van der Waals surface area contributed by atoms with Crippen LogP contribution in [0.15, 0.2) is 47.4 Å². The molecule has 6 heteroatoms. The first-order valence-electron chi connectivity index (χ1n) is 9.33. The molecule has 0 aromatic heterocycles. The van der Waals surface area contributed by atoms with Crippen LogP contribution in [-0.4, -0.2) is 23.7 Å². The number of fused-ring (bicyclic) bond motifs is 1. The van der Waals surface area contributed by atoms with Crippen LogP contribution < -0.4 is 15.4 Å². The summed E-state index contributed by atoms with van der Waals surface area (Å²) in [5.74, 6) is 1.21. The number of para-hydroxylation sites is 2. The van der Waals surface area contributed by atoms with Gasteiger partial charge < -0.3 is 15.4 Å². The van der Waals surface area contributed by atoms with Gasteiger partial charge in [-0.3, -0.25) is 9.59 Å². The molecule has 0 atom stereocenters. The van der Waals surface area contributed by atoms with Crippen LogP contribution in [0.3, 0.4) is 0 Å². The molecule has 4 rings (SSSR count). The number of rotatable bonds is 4. The average Bonchev–Trinajstić information content (AvgIpc) is 3.10. The highest BCUT2D eigenvalue weighted by atomic mass is 32.2. The third kappa shape index (κ3) is 4.27. The van der Waals surface area contributed by atoms with E-state index < -0.39 is 0 Å². The molecule has 2 aromatic carbocycles. The van der Waals surface area contributed by atoms with E-state index in [9.17, 15) is 9.59 Å². The summed E-state index contributed by atoms with van der Waals surface area (Å²) in [5.41, 5.74) is 1.88. The SMILES string of the molecule is O=C1CCSc2ccc(C(=O)Nc3ccccc3OC3CCCC3)cc2N1. The van der Waals surface area contributed by atoms with Crippen LogP contribution in [0.5, 0.6) is 5.75 Å². The Morgan fingerprint density at radius 1 is 1.15 bits per heavy atom. The lowest BCUT2D eigenvalue weighted by atomic mass is 10.1. The molecule has 5 nitrogen and oxygen atoms in total. The molecule has 2 aromatic rings. The predicted octanol–water partition coefficient (Wildman–Crippen LogP) is 4.69. The molecule has 1 aliphatic heterocycles. The van der Waals surface area contributed by atoms with Gasteiger partial charge in [0.1, 0.15) is 5.75 Å². The minimum absolute atomic E-state index is 0.0193. The van der Waals surface area contributed by atoms with E-state index in [1.54, 1.807) is 23.9 Å². The quantitative estimate of drug-likeness (QED) is 0.805. The second kappa shape index (κ2) is 8.05. The number of benzene rings is 2. The fourth-order valence-corrected chi connectivity index (χ4v) is 4.35. The van der Waals surface area contributed by atoms with Crippen LogP contribution in [0.1, 0.15) is 42.5 Å². The van der Waals surface area contributed by atoms with Gasteiger partial charge in [-0.1, -0.05) is 12.1 Å². The van der Waals surface area contributed by atoms with Crippen molar-refractivity contribution in [1.82, 2.24) is 0 Å². The summed E-state index contributed by atoms with van der Waals surface area (Å²) in [6.45, 7) is 0. The Hall–Kier alpha value is -2.47. The first-order chi connectivity index (χ1) is 13.2. The summed E-state index contributed by atoms with van der Waals surface area (Å²) in [4.78, 5) is 25.5. The van der Waals surface area contributed by atoms with Crippen molar-refractivity contribution < 1.29 is 14.3 Å². The highest BCUT2D eigenvalue weighted by molar-refractivity contribution is 7.99. The van der Waals surface area contributed by atoms with E-state index in [4.69, 9.17) is 4.74 Å². The van der Waals surface area contributed by atoms with Crippen molar-refractivity contribution in [3.8, 4) is 5.75 Å². The van der Waals surface area contributed by atoms with Gasteiger partial charge in [-0.15, -0.1) is 11.8 Å². The van der Waals surface area contributed by atoms with Gasteiger partial charge in [-0.25, -0.2) is 0 Å². The minimum Gasteiger partial charge on any atom is -0.488 e. The van der Waals surface area contributed by atoms with Gasteiger partial charge in [0.05, 0.1) is 17.5 Å². The molecule has 1 saturated carbocycles. The van der Waals surface area contributed by atoms with Crippen molar-refractivity contribution in [3.05, 3.63) is 48.0 Å². The minimum atomic E-state index is -0.219. The molecule has 140 valence electrons. The number of thioether (sulfide) groups is 1. The van der Waals surface area contributed by atoms with Crippen molar-refractivity contribution in [2.45, 2.75) is 43.1 Å². The lowest BCUT2D eigenvalue weighted by Gasteiger charge is -2.17. The van der Waals surface area contributed by atoms with E-state index >= 15 is 0 Å². The fraction of sp³-hybridized carbons (Fsp3) is 0.333. The van der Waals surface area contributed by atoms with Crippen LogP contribution in [0, 0.1) is 0 Å². The Kier molecular flexibility index (Phi) is 5.34. The maximum absolute atomic E-state index is 12.8. The lowest BCUT2D eigenvalue weighted by molar-refractivity contribution is -0.115. The summed E-state index contributed by atoms with van der Waals surface area (Å²) >= 11 is 1.62. The summed E-state index contributed by atoms with van der Waals surface area (Å²) in [5, 5.41) is 5.83. The van der Waals surface area contributed by atoms with E-state index in [1.165, 1.54) is 12.8 Å². The molecular formula is C21H22N2O3S. The van der Waals surface area contributed by atoms with Gasteiger partial charge in [0.15, 0.2) is 0 Å². The van der Waals surface area contributed by atoms with Crippen molar-refractivity contribution in [1.29, 1.82) is 0 Å². The van der Waals surface area contributed by atoms with Gasteiger partial charge in [0.2, 0.25) is 5.91 Å². The van der Waals surface area contributed by atoms with Gasteiger partial charge >= 0.3 is 0 Å². The predicted molar refractivity (Wildman–Crippen MR) is 108 cm³/mol. The Labute approximate surface area is 162 Å². The van der Waals surface area contributed by atoms with Crippen LogP contribution in [0.4, 0.5) is 11.4 Å². The summed E-state index contributed by atoms with van der Waals surface area (Å²) < 4.78 is 6.09. The normalized spacial score (nSPS) is 17.0. The molecule has 27 heavy (non-hydrogen) atoms. The smallest absolute Gasteiger partial charge is 0.255 e. The standard InChI is InChI=1S/C21H22N2O3S/c24-20-11-12-27-19-10-9-14(13-17(19)22-20)21(25)23-16-7-3-4-8-18(16)26-15-5-1-2-6-15/h3-4,7-10,13,15H,1-2,5-6,11-12H2,(H,22,24)(H,23,25). The highest BCUT2D eigenvalue weighted by Crippen LogP contribution is 2.33. The molecule has 0 unspecified atom stereocenters.